The molecule has 0 bridgehead atoms. The summed E-state index contributed by atoms with van der Waals surface area (Å²) in [5.41, 5.74) is 1.71. The molecule has 1 aliphatic carbocycles. The Morgan fingerprint density at radius 2 is 1.70 bits per heavy atom. The number of carbonyl (C=O) groups is 1. The molecule has 1 fully saturated rings. The SMILES string of the molecule is COc1ccc(C(NC(=O)CNc2ccc(OC(F)F)cc2)C2CC2)cc1. The number of methoxy groups -OCH3 is 1. The van der Waals surface area contributed by atoms with Crippen molar-refractivity contribution in [3.05, 3.63) is 54.1 Å². The molecule has 0 heterocycles. The summed E-state index contributed by atoms with van der Waals surface area (Å²) in [7, 11) is 1.62. The first-order valence-corrected chi connectivity index (χ1v) is 8.77. The Morgan fingerprint density at radius 1 is 1.07 bits per heavy atom. The molecule has 144 valence electrons. The van der Waals surface area contributed by atoms with Crippen LogP contribution in [-0.2, 0) is 4.79 Å². The van der Waals surface area contributed by atoms with Crippen LogP contribution in [0.2, 0.25) is 0 Å². The number of ether oxygens (including phenoxy) is 2. The molecule has 27 heavy (non-hydrogen) atoms. The summed E-state index contributed by atoms with van der Waals surface area (Å²) in [5, 5.41) is 6.06. The second-order valence-corrected chi connectivity index (χ2v) is 6.41. The first-order valence-electron chi connectivity index (χ1n) is 8.77. The molecule has 0 saturated heterocycles. The van der Waals surface area contributed by atoms with Crippen LogP contribution >= 0.6 is 0 Å². The largest absolute Gasteiger partial charge is 0.497 e. The Morgan fingerprint density at radius 3 is 2.26 bits per heavy atom. The van der Waals surface area contributed by atoms with Gasteiger partial charge in [0.15, 0.2) is 0 Å². The third-order valence-electron chi connectivity index (χ3n) is 4.42. The molecule has 1 aliphatic rings. The van der Waals surface area contributed by atoms with Gasteiger partial charge < -0.3 is 20.1 Å². The molecular formula is C20H22F2N2O3. The normalized spacial score (nSPS) is 14.5. The number of benzene rings is 2. The van der Waals surface area contributed by atoms with E-state index in [2.05, 4.69) is 15.4 Å². The van der Waals surface area contributed by atoms with Crippen molar-refractivity contribution in [3.8, 4) is 11.5 Å². The minimum atomic E-state index is -2.85. The summed E-state index contributed by atoms with van der Waals surface area (Å²) in [5.74, 6) is 1.18. The highest BCUT2D eigenvalue weighted by Crippen LogP contribution is 2.41. The van der Waals surface area contributed by atoms with Crippen molar-refractivity contribution in [1.82, 2.24) is 5.32 Å². The van der Waals surface area contributed by atoms with E-state index >= 15 is 0 Å². The summed E-state index contributed by atoms with van der Waals surface area (Å²) >= 11 is 0. The van der Waals surface area contributed by atoms with Gasteiger partial charge in [-0.1, -0.05) is 12.1 Å². The molecule has 1 saturated carbocycles. The van der Waals surface area contributed by atoms with Gasteiger partial charge >= 0.3 is 6.61 Å². The molecule has 2 aromatic carbocycles. The van der Waals surface area contributed by atoms with Crippen LogP contribution in [-0.4, -0.2) is 26.2 Å². The van der Waals surface area contributed by atoms with Gasteiger partial charge in [0.05, 0.1) is 19.7 Å². The lowest BCUT2D eigenvalue weighted by Gasteiger charge is -2.19. The number of nitrogens with one attached hydrogen (secondary N) is 2. The van der Waals surface area contributed by atoms with Crippen LogP contribution in [0.5, 0.6) is 11.5 Å². The minimum absolute atomic E-state index is 0.0213. The molecule has 0 aliphatic heterocycles. The van der Waals surface area contributed by atoms with Gasteiger partial charge in [-0.3, -0.25) is 4.79 Å². The number of alkyl halides is 2. The van der Waals surface area contributed by atoms with Gasteiger partial charge in [-0.2, -0.15) is 8.78 Å². The van der Waals surface area contributed by atoms with Gasteiger partial charge in [-0.15, -0.1) is 0 Å². The fourth-order valence-corrected chi connectivity index (χ4v) is 2.88. The number of hydrogen-bond donors (Lipinski definition) is 2. The Bertz CT molecular complexity index is 747. The van der Waals surface area contributed by atoms with Gasteiger partial charge in [0.1, 0.15) is 11.5 Å². The van der Waals surface area contributed by atoms with Crippen molar-refractivity contribution in [2.45, 2.75) is 25.5 Å². The van der Waals surface area contributed by atoms with Gasteiger partial charge in [-0.25, -0.2) is 0 Å². The minimum Gasteiger partial charge on any atom is -0.497 e. The Balaban J connectivity index is 1.53. The number of amides is 1. The van der Waals surface area contributed by atoms with E-state index in [4.69, 9.17) is 4.74 Å². The lowest BCUT2D eigenvalue weighted by molar-refractivity contribution is -0.120. The second-order valence-electron chi connectivity index (χ2n) is 6.41. The van der Waals surface area contributed by atoms with Gasteiger partial charge in [0.25, 0.3) is 0 Å². The van der Waals surface area contributed by atoms with Crippen LogP contribution in [0.4, 0.5) is 14.5 Å². The van der Waals surface area contributed by atoms with Crippen molar-refractivity contribution < 1.29 is 23.0 Å². The van der Waals surface area contributed by atoms with Gasteiger partial charge in [-0.05, 0) is 60.7 Å². The third-order valence-corrected chi connectivity index (χ3v) is 4.42. The van der Waals surface area contributed by atoms with E-state index < -0.39 is 6.61 Å². The maximum Gasteiger partial charge on any atom is 0.387 e. The standard InChI is InChI=1S/C20H22F2N2O3/c1-26-16-8-4-14(5-9-16)19(13-2-3-13)24-18(25)12-23-15-6-10-17(11-7-15)27-20(21)22/h4-11,13,19-20,23H,2-3,12H2,1H3,(H,24,25). The van der Waals surface area contributed by atoms with Crippen molar-refractivity contribution in [1.29, 1.82) is 0 Å². The molecule has 5 nitrogen and oxygen atoms in total. The van der Waals surface area contributed by atoms with E-state index in [1.807, 2.05) is 24.3 Å². The first-order chi connectivity index (χ1) is 13.0. The average molecular weight is 376 g/mol. The van der Waals surface area contributed by atoms with Gasteiger partial charge in [0.2, 0.25) is 5.91 Å². The van der Waals surface area contributed by atoms with Crippen LogP contribution in [0, 0.1) is 5.92 Å². The van der Waals surface area contributed by atoms with Crippen LogP contribution in [0.3, 0.4) is 0 Å². The van der Waals surface area contributed by atoms with E-state index in [-0.39, 0.29) is 24.2 Å². The number of carbonyl (C=O) groups excluding carboxylic acids is 1. The molecule has 2 aromatic rings. The quantitative estimate of drug-likeness (QED) is 0.695. The molecule has 1 amide bonds. The topological polar surface area (TPSA) is 59.6 Å². The van der Waals surface area contributed by atoms with E-state index in [0.717, 1.165) is 24.2 Å². The Labute approximate surface area is 156 Å². The zero-order valence-electron chi connectivity index (χ0n) is 15.0. The van der Waals surface area contributed by atoms with Crippen molar-refractivity contribution in [3.63, 3.8) is 0 Å². The van der Waals surface area contributed by atoms with Crippen LogP contribution in [0.1, 0.15) is 24.4 Å². The van der Waals surface area contributed by atoms with E-state index in [1.54, 1.807) is 19.2 Å². The lowest BCUT2D eigenvalue weighted by atomic mass is 10.0. The molecule has 7 heteroatoms. The zero-order chi connectivity index (χ0) is 19.2. The lowest BCUT2D eigenvalue weighted by Crippen LogP contribution is -2.34. The fourth-order valence-electron chi connectivity index (χ4n) is 2.88. The molecule has 3 rings (SSSR count). The highest BCUT2D eigenvalue weighted by molar-refractivity contribution is 5.81. The summed E-state index contributed by atoms with van der Waals surface area (Å²) in [6.07, 6.45) is 2.19. The van der Waals surface area contributed by atoms with Crippen molar-refractivity contribution in [2.75, 3.05) is 19.0 Å². The fraction of sp³-hybridized carbons (Fsp3) is 0.350. The van der Waals surface area contributed by atoms with Crippen LogP contribution in [0.15, 0.2) is 48.5 Å². The van der Waals surface area contributed by atoms with E-state index in [1.165, 1.54) is 12.1 Å². The smallest absolute Gasteiger partial charge is 0.387 e. The maximum absolute atomic E-state index is 12.3. The molecular weight excluding hydrogens is 354 g/mol. The molecule has 0 radical (unpaired) electrons. The summed E-state index contributed by atoms with van der Waals surface area (Å²) in [6.45, 7) is -2.76. The molecule has 1 unspecified atom stereocenters. The maximum atomic E-state index is 12.3. The van der Waals surface area contributed by atoms with Crippen LogP contribution < -0.4 is 20.1 Å². The number of anilines is 1. The Hall–Kier alpha value is -2.83. The molecule has 0 spiro atoms. The Kier molecular flexibility index (Phi) is 6.11. The zero-order valence-corrected chi connectivity index (χ0v) is 15.0. The number of halogens is 2. The average Bonchev–Trinajstić information content (AvgIpc) is 3.50. The first kappa shape index (κ1) is 18.9. The van der Waals surface area contributed by atoms with Gasteiger partial charge in [0, 0.05) is 5.69 Å². The second kappa shape index (κ2) is 8.70. The predicted octanol–water partition coefficient (Wildman–Crippen LogP) is 3.98. The van der Waals surface area contributed by atoms with E-state index in [9.17, 15) is 13.6 Å². The summed E-state index contributed by atoms with van der Waals surface area (Å²) < 4.78 is 33.8. The number of hydrogen-bond acceptors (Lipinski definition) is 4. The third kappa shape index (κ3) is 5.57. The predicted molar refractivity (Wildman–Crippen MR) is 98.2 cm³/mol. The summed E-state index contributed by atoms with van der Waals surface area (Å²) in [4.78, 5) is 12.3. The van der Waals surface area contributed by atoms with Crippen LogP contribution in [0.25, 0.3) is 0 Å². The highest BCUT2D eigenvalue weighted by atomic mass is 19.3. The molecule has 0 aromatic heterocycles. The number of rotatable bonds is 9. The molecule has 2 N–H and O–H groups in total. The van der Waals surface area contributed by atoms with E-state index in [0.29, 0.717) is 11.6 Å². The summed E-state index contributed by atoms with van der Waals surface area (Å²) in [6, 6.07) is 13.7. The van der Waals surface area contributed by atoms with Crippen molar-refractivity contribution in [2.24, 2.45) is 5.92 Å². The highest BCUT2D eigenvalue weighted by Gasteiger charge is 2.33. The van der Waals surface area contributed by atoms with Crippen molar-refractivity contribution >= 4 is 11.6 Å². The monoisotopic (exact) mass is 376 g/mol. The molecule has 1 atom stereocenters.